The van der Waals surface area contributed by atoms with Gasteiger partial charge in [0.05, 0.1) is 0 Å². The largest absolute Gasteiger partial charge is 0.313 e. The molecule has 0 aliphatic heterocycles. The Morgan fingerprint density at radius 1 is 0.941 bits per heavy atom. The number of rotatable bonds is 6. The summed E-state index contributed by atoms with van der Waals surface area (Å²) in [7, 11) is 0. The summed E-state index contributed by atoms with van der Waals surface area (Å²) in [6.45, 7) is 1.86. The van der Waals surface area contributed by atoms with E-state index < -0.39 is 0 Å². The zero-order chi connectivity index (χ0) is 11.8. The Balaban J connectivity index is 1.61. The smallest absolute Gasteiger partial charge is 0.115 e. The average molecular weight is 227 g/mol. The molecule has 2 aromatic rings. The molecule has 2 rings (SSSR count). The van der Waals surface area contributed by atoms with Gasteiger partial charge in [-0.25, -0.2) is 9.97 Å². The fourth-order valence-electron chi connectivity index (χ4n) is 1.72. The molecular formula is C14H17N3. The van der Waals surface area contributed by atoms with Gasteiger partial charge in [0.2, 0.25) is 0 Å². The van der Waals surface area contributed by atoms with Crippen molar-refractivity contribution in [1.82, 2.24) is 15.3 Å². The summed E-state index contributed by atoms with van der Waals surface area (Å²) < 4.78 is 0. The molecule has 0 unspecified atom stereocenters. The van der Waals surface area contributed by atoms with Crippen LogP contribution in [0, 0.1) is 0 Å². The van der Waals surface area contributed by atoms with E-state index >= 15 is 0 Å². The summed E-state index contributed by atoms with van der Waals surface area (Å²) in [6, 6.07) is 10.6. The van der Waals surface area contributed by atoms with Gasteiger partial charge < -0.3 is 5.32 Å². The summed E-state index contributed by atoms with van der Waals surface area (Å²) in [5.74, 6) is 0. The fourth-order valence-corrected chi connectivity index (χ4v) is 1.72. The Kier molecular flexibility index (Phi) is 4.67. The maximum atomic E-state index is 3.98. The lowest BCUT2D eigenvalue weighted by atomic mass is 10.1. The van der Waals surface area contributed by atoms with Gasteiger partial charge in [-0.05, 0) is 24.9 Å². The second kappa shape index (κ2) is 6.76. The summed E-state index contributed by atoms with van der Waals surface area (Å²) in [4.78, 5) is 7.96. The van der Waals surface area contributed by atoms with Crippen LogP contribution in [0.5, 0.6) is 0 Å². The summed E-state index contributed by atoms with van der Waals surface area (Å²) in [5.41, 5.74) is 2.53. The van der Waals surface area contributed by atoms with Gasteiger partial charge in [-0.1, -0.05) is 30.3 Å². The number of aromatic nitrogens is 2. The number of nitrogens with one attached hydrogen (secondary N) is 1. The Bertz CT molecular complexity index is 372. The highest BCUT2D eigenvalue weighted by Gasteiger charge is 1.94. The minimum atomic E-state index is 0.843. The molecule has 1 aromatic carbocycles. The van der Waals surface area contributed by atoms with Crippen LogP contribution in [-0.4, -0.2) is 16.5 Å². The molecule has 17 heavy (non-hydrogen) atoms. The molecule has 0 aliphatic rings. The Labute approximate surface area is 102 Å². The SMILES string of the molecule is c1ccc(CCCNCc2cncnc2)cc1. The third-order valence-electron chi connectivity index (χ3n) is 2.61. The van der Waals surface area contributed by atoms with E-state index in [4.69, 9.17) is 0 Å². The molecular weight excluding hydrogens is 210 g/mol. The van der Waals surface area contributed by atoms with Crippen molar-refractivity contribution in [3.05, 3.63) is 60.2 Å². The maximum Gasteiger partial charge on any atom is 0.115 e. The quantitative estimate of drug-likeness (QED) is 0.769. The molecule has 0 saturated heterocycles. The van der Waals surface area contributed by atoms with E-state index in [1.807, 2.05) is 12.4 Å². The minimum absolute atomic E-state index is 0.843. The molecule has 88 valence electrons. The molecule has 1 N–H and O–H groups in total. The van der Waals surface area contributed by atoms with Gasteiger partial charge in [0.15, 0.2) is 0 Å². The van der Waals surface area contributed by atoms with Crippen molar-refractivity contribution in [1.29, 1.82) is 0 Å². The Morgan fingerprint density at radius 2 is 1.71 bits per heavy atom. The second-order valence-electron chi connectivity index (χ2n) is 4.01. The van der Waals surface area contributed by atoms with Crippen LogP contribution in [0.4, 0.5) is 0 Å². The van der Waals surface area contributed by atoms with E-state index in [1.54, 1.807) is 6.33 Å². The van der Waals surface area contributed by atoms with Crippen LogP contribution in [0.25, 0.3) is 0 Å². The van der Waals surface area contributed by atoms with E-state index in [1.165, 1.54) is 5.56 Å². The predicted octanol–water partition coefficient (Wildman–Crippen LogP) is 2.20. The van der Waals surface area contributed by atoms with Crippen LogP contribution in [0.1, 0.15) is 17.5 Å². The lowest BCUT2D eigenvalue weighted by Crippen LogP contribution is -2.15. The number of hydrogen-bond acceptors (Lipinski definition) is 3. The van der Waals surface area contributed by atoms with Crippen LogP contribution in [0.2, 0.25) is 0 Å². The topological polar surface area (TPSA) is 37.8 Å². The standard InChI is InChI=1S/C14H17N3/c1-2-5-13(6-3-1)7-4-8-15-9-14-10-16-12-17-11-14/h1-3,5-6,10-12,15H,4,7-9H2. The number of hydrogen-bond donors (Lipinski definition) is 1. The van der Waals surface area contributed by atoms with Crippen LogP contribution in [0.15, 0.2) is 49.1 Å². The van der Waals surface area contributed by atoms with Gasteiger partial charge in [0.1, 0.15) is 6.33 Å². The molecule has 1 heterocycles. The lowest BCUT2D eigenvalue weighted by Gasteiger charge is -2.04. The fraction of sp³-hybridized carbons (Fsp3) is 0.286. The van der Waals surface area contributed by atoms with Crippen molar-refractivity contribution in [2.45, 2.75) is 19.4 Å². The highest BCUT2D eigenvalue weighted by Crippen LogP contribution is 2.01. The van der Waals surface area contributed by atoms with Gasteiger partial charge >= 0.3 is 0 Å². The summed E-state index contributed by atoms with van der Waals surface area (Å²) in [5, 5.41) is 3.39. The third-order valence-corrected chi connectivity index (χ3v) is 2.61. The average Bonchev–Trinajstić information content (AvgIpc) is 2.41. The number of aryl methyl sites for hydroxylation is 1. The zero-order valence-electron chi connectivity index (χ0n) is 9.84. The van der Waals surface area contributed by atoms with Crippen LogP contribution in [0.3, 0.4) is 0 Å². The second-order valence-corrected chi connectivity index (χ2v) is 4.01. The minimum Gasteiger partial charge on any atom is -0.313 e. The summed E-state index contributed by atoms with van der Waals surface area (Å²) >= 11 is 0. The predicted molar refractivity (Wildman–Crippen MR) is 68.5 cm³/mol. The van der Waals surface area contributed by atoms with E-state index in [2.05, 4.69) is 45.6 Å². The van der Waals surface area contributed by atoms with Crippen molar-refractivity contribution in [2.24, 2.45) is 0 Å². The van der Waals surface area contributed by atoms with E-state index in [9.17, 15) is 0 Å². The summed E-state index contributed by atoms with van der Waals surface area (Å²) in [6.07, 6.45) is 7.52. The van der Waals surface area contributed by atoms with Gasteiger partial charge in [-0.3, -0.25) is 0 Å². The molecule has 0 spiro atoms. The normalized spacial score (nSPS) is 10.4. The van der Waals surface area contributed by atoms with Crippen LogP contribution < -0.4 is 5.32 Å². The highest BCUT2D eigenvalue weighted by atomic mass is 14.9. The van der Waals surface area contributed by atoms with E-state index in [0.717, 1.165) is 31.5 Å². The molecule has 3 heteroatoms. The van der Waals surface area contributed by atoms with Gasteiger partial charge in [0, 0.05) is 24.5 Å². The van der Waals surface area contributed by atoms with Gasteiger partial charge in [-0.2, -0.15) is 0 Å². The van der Waals surface area contributed by atoms with E-state index in [-0.39, 0.29) is 0 Å². The molecule has 0 fully saturated rings. The van der Waals surface area contributed by atoms with Crippen molar-refractivity contribution in [2.75, 3.05) is 6.54 Å². The molecule has 0 radical (unpaired) electrons. The molecule has 3 nitrogen and oxygen atoms in total. The molecule has 0 amide bonds. The maximum absolute atomic E-state index is 3.98. The third kappa shape index (κ3) is 4.33. The first-order chi connectivity index (χ1) is 8.45. The molecule has 0 saturated carbocycles. The van der Waals surface area contributed by atoms with Crippen molar-refractivity contribution in [3.63, 3.8) is 0 Å². The van der Waals surface area contributed by atoms with Gasteiger partial charge in [0.25, 0.3) is 0 Å². The Morgan fingerprint density at radius 3 is 2.47 bits per heavy atom. The first kappa shape index (κ1) is 11.7. The van der Waals surface area contributed by atoms with Crippen molar-refractivity contribution in [3.8, 4) is 0 Å². The molecule has 0 bridgehead atoms. The van der Waals surface area contributed by atoms with Crippen molar-refractivity contribution >= 4 is 0 Å². The molecule has 1 aromatic heterocycles. The molecule has 0 aliphatic carbocycles. The monoisotopic (exact) mass is 227 g/mol. The van der Waals surface area contributed by atoms with Crippen molar-refractivity contribution < 1.29 is 0 Å². The van der Waals surface area contributed by atoms with Crippen LogP contribution in [-0.2, 0) is 13.0 Å². The number of nitrogens with zero attached hydrogens (tertiary/aromatic N) is 2. The Hall–Kier alpha value is -1.74. The lowest BCUT2D eigenvalue weighted by molar-refractivity contribution is 0.647. The highest BCUT2D eigenvalue weighted by molar-refractivity contribution is 5.14. The zero-order valence-corrected chi connectivity index (χ0v) is 9.84. The number of benzene rings is 1. The first-order valence-corrected chi connectivity index (χ1v) is 5.94. The van der Waals surface area contributed by atoms with E-state index in [0.29, 0.717) is 0 Å². The van der Waals surface area contributed by atoms with Crippen LogP contribution >= 0.6 is 0 Å². The first-order valence-electron chi connectivity index (χ1n) is 5.94. The molecule has 0 atom stereocenters. The van der Waals surface area contributed by atoms with Gasteiger partial charge in [-0.15, -0.1) is 0 Å².